The molecular formula is C27H30FN5O5. The number of benzene rings is 2. The van der Waals surface area contributed by atoms with Gasteiger partial charge in [-0.05, 0) is 48.2 Å². The molecule has 2 aromatic carbocycles. The fourth-order valence-electron chi connectivity index (χ4n) is 4.42. The van der Waals surface area contributed by atoms with E-state index in [1.165, 1.54) is 23.2 Å². The van der Waals surface area contributed by atoms with Crippen LogP contribution in [0.1, 0.15) is 24.0 Å². The maximum atomic E-state index is 13.5. The fourth-order valence-corrected chi connectivity index (χ4v) is 4.42. The monoisotopic (exact) mass is 523 g/mol. The highest BCUT2D eigenvalue weighted by Crippen LogP contribution is 2.34. The molecular weight excluding hydrogens is 493 g/mol. The second-order valence-electron chi connectivity index (χ2n) is 9.26. The van der Waals surface area contributed by atoms with Gasteiger partial charge in [-0.25, -0.2) is 9.18 Å². The van der Waals surface area contributed by atoms with Crippen LogP contribution in [0.2, 0.25) is 0 Å². The first-order valence-corrected chi connectivity index (χ1v) is 12.6. The molecule has 3 aromatic rings. The van der Waals surface area contributed by atoms with E-state index in [1.54, 1.807) is 43.6 Å². The topological polar surface area (TPSA) is 98.2 Å². The minimum absolute atomic E-state index is 0.0359. The van der Waals surface area contributed by atoms with Crippen molar-refractivity contribution in [3.8, 4) is 11.5 Å². The quantitative estimate of drug-likeness (QED) is 0.509. The van der Waals surface area contributed by atoms with Crippen molar-refractivity contribution in [3.05, 3.63) is 71.8 Å². The van der Waals surface area contributed by atoms with E-state index in [0.717, 1.165) is 41.8 Å². The number of carbonyl (C=O) groups excluding carboxylic acids is 2. The van der Waals surface area contributed by atoms with Crippen LogP contribution in [0.4, 0.5) is 14.9 Å². The van der Waals surface area contributed by atoms with Crippen LogP contribution in [0.25, 0.3) is 0 Å². The van der Waals surface area contributed by atoms with E-state index in [-0.39, 0.29) is 18.3 Å². The Hall–Kier alpha value is -3.96. The number of ether oxygens (including phenoxy) is 2. The van der Waals surface area contributed by atoms with Crippen molar-refractivity contribution >= 4 is 17.6 Å². The van der Waals surface area contributed by atoms with Crippen LogP contribution < -0.4 is 19.7 Å². The Kier molecular flexibility index (Phi) is 7.85. The molecule has 0 saturated carbocycles. The molecule has 0 spiro atoms. The number of hydroxylamine groups is 2. The lowest BCUT2D eigenvalue weighted by molar-refractivity contribution is -0.183. The molecule has 0 unspecified atom stereocenters. The van der Waals surface area contributed by atoms with Crippen LogP contribution in [-0.2, 0) is 16.1 Å². The Bertz CT molecular complexity index is 1290. The second kappa shape index (κ2) is 11.6. The van der Waals surface area contributed by atoms with Crippen molar-refractivity contribution in [1.82, 2.24) is 20.2 Å². The molecule has 200 valence electrons. The normalized spacial score (nSPS) is 17.9. The predicted octanol–water partition coefficient (Wildman–Crippen LogP) is 3.00. The van der Waals surface area contributed by atoms with Crippen molar-refractivity contribution in [2.24, 2.45) is 0 Å². The molecule has 10 nitrogen and oxygen atoms in total. The number of nitrogens with zero attached hydrogens (tertiary/aromatic N) is 4. The molecule has 0 aliphatic carbocycles. The lowest BCUT2D eigenvalue weighted by Crippen LogP contribution is -2.50. The minimum atomic E-state index is -0.920. The Morgan fingerprint density at radius 3 is 2.92 bits per heavy atom. The number of fused-ring (bicyclic) bond motifs is 1. The van der Waals surface area contributed by atoms with Crippen LogP contribution in [0, 0.1) is 5.82 Å². The SMILES string of the molecule is CN1C(=O)[C@@H](NC(=O)n2cc(Cc3cccc(F)c3)cn2)COc2ccc(OCCN3CCCCO3)cc21. The Balaban J connectivity index is 1.19. The van der Waals surface area contributed by atoms with Crippen LogP contribution in [0.5, 0.6) is 11.5 Å². The summed E-state index contributed by atoms with van der Waals surface area (Å²) in [7, 11) is 1.63. The van der Waals surface area contributed by atoms with Gasteiger partial charge in [0.1, 0.15) is 36.6 Å². The molecule has 1 N–H and O–H groups in total. The predicted molar refractivity (Wildman–Crippen MR) is 137 cm³/mol. The molecule has 1 fully saturated rings. The molecule has 3 heterocycles. The number of nitrogens with one attached hydrogen (secondary N) is 1. The van der Waals surface area contributed by atoms with Crippen LogP contribution in [-0.4, -0.2) is 72.8 Å². The summed E-state index contributed by atoms with van der Waals surface area (Å²) in [5.74, 6) is 0.466. The van der Waals surface area contributed by atoms with Gasteiger partial charge in [0.05, 0.1) is 25.0 Å². The summed E-state index contributed by atoms with van der Waals surface area (Å²) in [6.45, 7) is 2.68. The summed E-state index contributed by atoms with van der Waals surface area (Å²) in [5, 5.41) is 8.70. The van der Waals surface area contributed by atoms with E-state index in [9.17, 15) is 14.0 Å². The van der Waals surface area contributed by atoms with Gasteiger partial charge in [0.15, 0.2) is 0 Å². The third-order valence-corrected chi connectivity index (χ3v) is 6.45. The van der Waals surface area contributed by atoms with E-state index in [4.69, 9.17) is 14.3 Å². The summed E-state index contributed by atoms with van der Waals surface area (Å²) in [6, 6.07) is 10.0. The molecule has 1 saturated heterocycles. The van der Waals surface area contributed by atoms with Crippen LogP contribution in [0.15, 0.2) is 54.9 Å². The zero-order chi connectivity index (χ0) is 26.5. The number of likely N-dealkylation sites (N-methyl/N-ethyl adjacent to an activating group) is 1. The average molecular weight is 524 g/mol. The van der Waals surface area contributed by atoms with Gasteiger partial charge in [-0.15, -0.1) is 0 Å². The molecule has 11 heteroatoms. The molecule has 38 heavy (non-hydrogen) atoms. The van der Waals surface area contributed by atoms with Crippen molar-refractivity contribution in [1.29, 1.82) is 0 Å². The van der Waals surface area contributed by atoms with E-state index in [1.807, 2.05) is 5.06 Å². The van der Waals surface area contributed by atoms with Crippen molar-refractivity contribution in [2.45, 2.75) is 25.3 Å². The third-order valence-electron chi connectivity index (χ3n) is 6.45. The highest BCUT2D eigenvalue weighted by molar-refractivity contribution is 6.00. The summed E-state index contributed by atoms with van der Waals surface area (Å²) in [5.41, 5.74) is 2.05. The van der Waals surface area contributed by atoms with E-state index in [0.29, 0.717) is 36.8 Å². The molecule has 2 aliphatic rings. The molecule has 5 rings (SSSR count). The zero-order valence-corrected chi connectivity index (χ0v) is 21.1. The van der Waals surface area contributed by atoms with Gasteiger partial charge < -0.3 is 19.7 Å². The average Bonchev–Trinajstić information content (AvgIpc) is 3.35. The number of rotatable bonds is 7. The minimum Gasteiger partial charge on any atom is -0.492 e. The first-order chi connectivity index (χ1) is 18.5. The largest absolute Gasteiger partial charge is 0.492 e. The van der Waals surface area contributed by atoms with Gasteiger partial charge in [-0.2, -0.15) is 14.8 Å². The summed E-state index contributed by atoms with van der Waals surface area (Å²) in [6.07, 6.45) is 5.70. The highest BCUT2D eigenvalue weighted by Gasteiger charge is 2.31. The lowest BCUT2D eigenvalue weighted by Gasteiger charge is -2.25. The van der Waals surface area contributed by atoms with Gasteiger partial charge in [0.2, 0.25) is 0 Å². The van der Waals surface area contributed by atoms with Gasteiger partial charge in [0, 0.05) is 32.3 Å². The van der Waals surface area contributed by atoms with Crippen molar-refractivity contribution in [2.75, 3.05) is 44.9 Å². The number of amides is 2. The fraction of sp³-hybridized carbons (Fsp3) is 0.370. The van der Waals surface area contributed by atoms with Gasteiger partial charge in [-0.1, -0.05) is 12.1 Å². The first-order valence-electron chi connectivity index (χ1n) is 12.6. The standard InChI is InChI=1S/C27H30FN5O5/c1-31-24-15-22(36-12-10-32-9-2-3-11-38-32)7-8-25(24)37-18-23(26(31)34)30-27(35)33-17-20(16-29-33)13-19-5-4-6-21(28)14-19/h4-8,14-17,23H,2-3,9-13,18H2,1H3,(H,30,35)/t23-/m0/s1. The molecule has 2 amide bonds. The van der Waals surface area contributed by atoms with E-state index >= 15 is 0 Å². The summed E-state index contributed by atoms with van der Waals surface area (Å²) >= 11 is 0. The molecule has 1 aromatic heterocycles. The number of hydrogen-bond donors (Lipinski definition) is 1. The number of anilines is 1. The molecule has 1 atom stereocenters. The van der Waals surface area contributed by atoms with Crippen LogP contribution in [0.3, 0.4) is 0 Å². The maximum absolute atomic E-state index is 13.5. The number of aromatic nitrogens is 2. The van der Waals surface area contributed by atoms with E-state index in [2.05, 4.69) is 10.4 Å². The second-order valence-corrected chi connectivity index (χ2v) is 9.26. The van der Waals surface area contributed by atoms with Gasteiger partial charge in [-0.3, -0.25) is 9.63 Å². The van der Waals surface area contributed by atoms with Crippen LogP contribution >= 0.6 is 0 Å². The number of carbonyl (C=O) groups is 2. The Morgan fingerprint density at radius 2 is 2.11 bits per heavy atom. The molecule has 2 aliphatic heterocycles. The smallest absolute Gasteiger partial charge is 0.342 e. The van der Waals surface area contributed by atoms with E-state index < -0.39 is 12.1 Å². The van der Waals surface area contributed by atoms with Gasteiger partial charge >= 0.3 is 6.03 Å². The Morgan fingerprint density at radius 1 is 1.21 bits per heavy atom. The first kappa shape index (κ1) is 25.7. The third kappa shape index (κ3) is 6.12. The summed E-state index contributed by atoms with van der Waals surface area (Å²) in [4.78, 5) is 33.1. The molecule has 0 radical (unpaired) electrons. The summed E-state index contributed by atoms with van der Waals surface area (Å²) < 4.78 is 26.3. The van der Waals surface area contributed by atoms with Gasteiger partial charge in [0.25, 0.3) is 5.91 Å². The maximum Gasteiger partial charge on any atom is 0.342 e. The zero-order valence-electron chi connectivity index (χ0n) is 21.1. The lowest BCUT2D eigenvalue weighted by atomic mass is 10.1. The Labute approximate surface area is 219 Å². The molecule has 0 bridgehead atoms. The van der Waals surface area contributed by atoms with Crippen molar-refractivity contribution in [3.63, 3.8) is 0 Å². The van der Waals surface area contributed by atoms with Crippen molar-refractivity contribution < 1.29 is 28.3 Å². The number of halogens is 1. The number of hydrogen-bond acceptors (Lipinski definition) is 7. The highest BCUT2D eigenvalue weighted by atomic mass is 19.1.